The predicted octanol–water partition coefficient (Wildman–Crippen LogP) is 1.59. The zero-order valence-corrected chi connectivity index (χ0v) is 7.87. The standard InChI is InChI=1S/C11H8FNO2/c12-10-3-1-9(2-4-10)5-6-13-7-8-15-11(13)14/h1-4H,7-8H2. The van der Waals surface area contributed by atoms with Gasteiger partial charge in [-0.05, 0) is 30.2 Å². The highest BCUT2D eigenvalue weighted by atomic mass is 19.1. The Labute approximate surface area is 86.4 Å². The van der Waals surface area contributed by atoms with Crippen LogP contribution in [0.5, 0.6) is 0 Å². The first-order valence-electron chi connectivity index (χ1n) is 4.47. The lowest BCUT2D eigenvalue weighted by atomic mass is 10.2. The first kappa shape index (κ1) is 9.53. The van der Waals surface area contributed by atoms with Crippen molar-refractivity contribution in [3.8, 4) is 12.0 Å². The summed E-state index contributed by atoms with van der Waals surface area (Å²) in [5.41, 5.74) is 0.663. The molecule has 0 bridgehead atoms. The molecule has 1 aromatic rings. The van der Waals surface area contributed by atoms with Gasteiger partial charge in [-0.2, -0.15) is 0 Å². The van der Waals surface area contributed by atoms with Gasteiger partial charge < -0.3 is 4.74 Å². The molecule has 1 aliphatic heterocycles. The minimum absolute atomic E-state index is 0.305. The van der Waals surface area contributed by atoms with Crippen LogP contribution in [0.15, 0.2) is 24.3 Å². The summed E-state index contributed by atoms with van der Waals surface area (Å²) in [6.07, 6.45) is -0.426. The summed E-state index contributed by atoms with van der Waals surface area (Å²) in [5.74, 6) is 2.45. The number of hydrogen-bond acceptors (Lipinski definition) is 2. The van der Waals surface area contributed by atoms with Crippen molar-refractivity contribution in [1.29, 1.82) is 0 Å². The minimum Gasteiger partial charge on any atom is -0.447 e. The maximum Gasteiger partial charge on any atom is 0.421 e. The van der Waals surface area contributed by atoms with Gasteiger partial charge in [0.2, 0.25) is 0 Å². The Morgan fingerprint density at radius 1 is 1.33 bits per heavy atom. The molecule has 76 valence electrons. The van der Waals surface area contributed by atoms with E-state index in [1.165, 1.54) is 17.0 Å². The fraction of sp³-hybridized carbons (Fsp3) is 0.182. The zero-order valence-electron chi connectivity index (χ0n) is 7.87. The molecule has 0 atom stereocenters. The monoisotopic (exact) mass is 205 g/mol. The Bertz CT molecular complexity index is 430. The van der Waals surface area contributed by atoms with Crippen molar-refractivity contribution in [2.45, 2.75) is 0 Å². The van der Waals surface area contributed by atoms with Crippen LogP contribution in [0.1, 0.15) is 5.56 Å². The molecule has 15 heavy (non-hydrogen) atoms. The molecular weight excluding hydrogens is 197 g/mol. The van der Waals surface area contributed by atoms with E-state index in [9.17, 15) is 9.18 Å². The fourth-order valence-electron chi connectivity index (χ4n) is 1.16. The van der Waals surface area contributed by atoms with Crippen molar-refractivity contribution in [2.24, 2.45) is 0 Å². The highest BCUT2D eigenvalue weighted by molar-refractivity contribution is 5.71. The second-order valence-corrected chi connectivity index (χ2v) is 3.01. The average molecular weight is 205 g/mol. The van der Waals surface area contributed by atoms with Gasteiger partial charge >= 0.3 is 6.09 Å². The molecule has 2 rings (SSSR count). The first-order chi connectivity index (χ1) is 7.25. The van der Waals surface area contributed by atoms with Crippen molar-refractivity contribution in [1.82, 2.24) is 4.90 Å². The Morgan fingerprint density at radius 3 is 2.67 bits per heavy atom. The van der Waals surface area contributed by atoms with E-state index in [0.717, 1.165) is 0 Å². The van der Waals surface area contributed by atoms with Crippen LogP contribution in [0, 0.1) is 17.8 Å². The lowest BCUT2D eigenvalue weighted by Crippen LogP contribution is -2.17. The number of amides is 1. The first-order valence-corrected chi connectivity index (χ1v) is 4.47. The Balaban J connectivity index is 2.11. The zero-order chi connectivity index (χ0) is 10.7. The number of halogens is 1. The summed E-state index contributed by atoms with van der Waals surface area (Å²) in [7, 11) is 0. The highest BCUT2D eigenvalue weighted by Gasteiger charge is 2.19. The van der Waals surface area contributed by atoms with E-state index in [0.29, 0.717) is 18.7 Å². The maximum absolute atomic E-state index is 12.6. The molecule has 0 aromatic heterocycles. The van der Waals surface area contributed by atoms with Gasteiger partial charge in [-0.3, -0.25) is 0 Å². The summed E-state index contributed by atoms with van der Waals surface area (Å²) in [4.78, 5) is 12.3. The van der Waals surface area contributed by atoms with Crippen molar-refractivity contribution in [3.05, 3.63) is 35.6 Å². The summed E-state index contributed by atoms with van der Waals surface area (Å²) in [6.45, 7) is 0.851. The molecule has 0 saturated carbocycles. The molecule has 1 heterocycles. The minimum atomic E-state index is -0.426. The van der Waals surface area contributed by atoms with Crippen LogP contribution in [0.25, 0.3) is 0 Å². The lowest BCUT2D eigenvalue weighted by Gasteiger charge is -1.99. The molecule has 1 amide bonds. The second kappa shape index (κ2) is 4.01. The molecular formula is C11H8FNO2. The number of ether oxygens (including phenoxy) is 1. The number of carbonyl (C=O) groups excluding carboxylic acids is 1. The summed E-state index contributed by atoms with van der Waals surface area (Å²) in [6, 6.07) is 8.42. The van der Waals surface area contributed by atoms with Crippen molar-refractivity contribution in [3.63, 3.8) is 0 Å². The molecule has 1 saturated heterocycles. The quantitative estimate of drug-likeness (QED) is 0.602. The SMILES string of the molecule is O=C1OCCN1C#Cc1ccc(F)cc1. The van der Waals surface area contributed by atoms with Gasteiger partial charge in [-0.15, -0.1) is 0 Å². The van der Waals surface area contributed by atoms with E-state index in [1.54, 1.807) is 12.1 Å². The van der Waals surface area contributed by atoms with E-state index in [4.69, 9.17) is 4.74 Å². The number of nitrogens with zero attached hydrogens (tertiary/aromatic N) is 1. The van der Waals surface area contributed by atoms with E-state index in [-0.39, 0.29) is 5.82 Å². The van der Waals surface area contributed by atoms with Crippen LogP contribution in [-0.2, 0) is 4.74 Å². The molecule has 4 heteroatoms. The molecule has 0 spiro atoms. The summed E-state index contributed by atoms with van der Waals surface area (Å²) >= 11 is 0. The van der Waals surface area contributed by atoms with E-state index in [1.807, 2.05) is 0 Å². The fourth-order valence-corrected chi connectivity index (χ4v) is 1.16. The Morgan fingerprint density at radius 2 is 2.07 bits per heavy atom. The molecule has 0 N–H and O–H groups in total. The van der Waals surface area contributed by atoms with Gasteiger partial charge in [-0.1, -0.05) is 0 Å². The van der Waals surface area contributed by atoms with Gasteiger partial charge in [0, 0.05) is 11.6 Å². The van der Waals surface area contributed by atoms with Crippen LogP contribution >= 0.6 is 0 Å². The third-order valence-electron chi connectivity index (χ3n) is 1.94. The predicted molar refractivity (Wildman–Crippen MR) is 51.3 cm³/mol. The maximum atomic E-state index is 12.6. The van der Waals surface area contributed by atoms with Crippen LogP contribution < -0.4 is 0 Å². The second-order valence-electron chi connectivity index (χ2n) is 3.01. The number of rotatable bonds is 0. The van der Waals surface area contributed by atoms with Crippen LogP contribution in [-0.4, -0.2) is 24.1 Å². The van der Waals surface area contributed by atoms with Gasteiger partial charge in [0.25, 0.3) is 0 Å². The molecule has 0 aliphatic carbocycles. The summed E-state index contributed by atoms with van der Waals surface area (Å²) in [5, 5.41) is 0. The number of hydrogen-bond donors (Lipinski definition) is 0. The molecule has 1 aliphatic rings. The van der Waals surface area contributed by atoms with Gasteiger partial charge in [0.05, 0.1) is 6.54 Å². The normalized spacial score (nSPS) is 14.5. The third kappa shape index (κ3) is 2.26. The third-order valence-corrected chi connectivity index (χ3v) is 1.94. The molecule has 1 aromatic carbocycles. The van der Waals surface area contributed by atoms with Crippen LogP contribution in [0.3, 0.4) is 0 Å². The van der Waals surface area contributed by atoms with E-state index in [2.05, 4.69) is 12.0 Å². The molecule has 0 radical (unpaired) electrons. The van der Waals surface area contributed by atoms with Crippen LogP contribution in [0.4, 0.5) is 9.18 Å². The number of benzene rings is 1. The van der Waals surface area contributed by atoms with Crippen molar-refractivity contribution in [2.75, 3.05) is 13.2 Å². The summed E-state index contributed by atoms with van der Waals surface area (Å²) < 4.78 is 17.3. The number of carbonyl (C=O) groups is 1. The van der Waals surface area contributed by atoms with Gasteiger partial charge in [0.1, 0.15) is 12.4 Å². The van der Waals surface area contributed by atoms with E-state index >= 15 is 0 Å². The molecule has 0 unspecified atom stereocenters. The van der Waals surface area contributed by atoms with Crippen molar-refractivity contribution >= 4 is 6.09 Å². The molecule has 1 fully saturated rings. The largest absolute Gasteiger partial charge is 0.447 e. The molecule has 3 nitrogen and oxygen atoms in total. The van der Waals surface area contributed by atoms with Crippen LogP contribution in [0.2, 0.25) is 0 Å². The van der Waals surface area contributed by atoms with Gasteiger partial charge in [0.15, 0.2) is 0 Å². The van der Waals surface area contributed by atoms with Gasteiger partial charge in [-0.25, -0.2) is 14.1 Å². The smallest absolute Gasteiger partial charge is 0.421 e. The van der Waals surface area contributed by atoms with Crippen molar-refractivity contribution < 1.29 is 13.9 Å². The topological polar surface area (TPSA) is 29.5 Å². The Kier molecular flexibility index (Phi) is 2.55. The number of cyclic esters (lactones) is 1. The highest BCUT2D eigenvalue weighted by Crippen LogP contribution is 2.03. The average Bonchev–Trinajstić information content (AvgIpc) is 2.63. The Hall–Kier alpha value is -2.02. The van der Waals surface area contributed by atoms with E-state index < -0.39 is 6.09 Å². The lowest BCUT2D eigenvalue weighted by molar-refractivity contribution is 0.167.